The summed E-state index contributed by atoms with van der Waals surface area (Å²) in [5, 5.41) is 0. The van der Waals surface area contributed by atoms with Crippen LogP contribution in [-0.2, 0) is 4.53 Å². The summed E-state index contributed by atoms with van der Waals surface area (Å²) in [5.74, 6) is 0. The summed E-state index contributed by atoms with van der Waals surface area (Å²) in [6, 6.07) is 0. The van der Waals surface area contributed by atoms with Gasteiger partial charge >= 0.3 is 0 Å². The van der Waals surface area contributed by atoms with Gasteiger partial charge in [0, 0.05) is 6.54 Å². The van der Waals surface area contributed by atoms with E-state index in [9.17, 15) is 0 Å². The third-order valence-electron chi connectivity index (χ3n) is 0.463. The van der Waals surface area contributed by atoms with Crippen LogP contribution in [0.15, 0.2) is 0 Å². The molecule has 0 unspecified atom stereocenters. The first kappa shape index (κ1) is 7.14. The molecule has 0 amide bonds. The van der Waals surface area contributed by atoms with Gasteiger partial charge in [-0.05, 0) is 13.1 Å². The van der Waals surface area contributed by atoms with E-state index >= 15 is 0 Å². The van der Waals surface area contributed by atoms with Crippen molar-refractivity contribution >= 4 is 9.04 Å². The Labute approximate surface area is 46.6 Å². The predicted molar refractivity (Wildman–Crippen MR) is 33.6 cm³/mol. The largest absolute Gasteiger partial charge is 0.350 e. The molecule has 7 heavy (non-hydrogen) atoms. The molecule has 0 aliphatic carbocycles. The van der Waals surface area contributed by atoms with E-state index in [1.54, 1.807) is 0 Å². The summed E-state index contributed by atoms with van der Waals surface area (Å²) in [5.41, 5.74) is 2.81. The van der Waals surface area contributed by atoms with Crippen molar-refractivity contribution in [2.45, 2.75) is 20.0 Å². The van der Waals surface area contributed by atoms with Gasteiger partial charge in [-0.2, -0.15) is 0 Å². The van der Waals surface area contributed by atoms with Crippen LogP contribution in [0.2, 0.25) is 13.1 Å². The molecule has 0 aliphatic rings. The third-order valence-corrected chi connectivity index (χ3v) is 1.10. The highest BCUT2D eigenvalue weighted by molar-refractivity contribution is 6.48. The van der Waals surface area contributed by atoms with Crippen molar-refractivity contribution in [3.63, 3.8) is 0 Å². The van der Waals surface area contributed by atoms with Gasteiger partial charge in [-0.25, -0.2) is 5.48 Å². The van der Waals surface area contributed by atoms with Crippen LogP contribution < -0.4 is 5.48 Å². The van der Waals surface area contributed by atoms with Crippen LogP contribution in [0.4, 0.5) is 0 Å². The molecule has 3 heteroatoms. The van der Waals surface area contributed by atoms with Crippen LogP contribution in [0.3, 0.4) is 0 Å². The molecule has 0 saturated heterocycles. The highest BCUT2D eigenvalue weighted by Crippen LogP contribution is 1.75. The zero-order valence-corrected chi connectivity index (χ0v) is 6.35. The lowest BCUT2D eigenvalue weighted by Crippen LogP contribution is -2.21. The molecule has 0 rings (SSSR count). The van der Waals surface area contributed by atoms with Crippen molar-refractivity contribution in [2.75, 3.05) is 6.54 Å². The van der Waals surface area contributed by atoms with E-state index in [2.05, 4.69) is 18.6 Å². The summed E-state index contributed by atoms with van der Waals surface area (Å²) >= 11 is 0. The third kappa shape index (κ3) is 6.14. The SMILES string of the molecule is CCNO[SiH](C)C. The standard InChI is InChI=1S/C4H13NOSi/c1-4-5-6-7(2)3/h5,7H,4H2,1-3H3. The zero-order valence-electron chi connectivity index (χ0n) is 5.19. The van der Waals surface area contributed by atoms with E-state index in [1.165, 1.54) is 0 Å². The molecule has 0 heterocycles. The first-order valence-electron chi connectivity index (χ1n) is 2.66. The lowest BCUT2D eigenvalue weighted by atomic mass is 10.8. The maximum absolute atomic E-state index is 5.08. The first-order chi connectivity index (χ1) is 3.27. The number of hydrogen-bond acceptors (Lipinski definition) is 2. The Morgan fingerprint density at radius 1 is 1.57 bits per heavy atom. The fraction of sp³-hybridized carbons (Fsp3) is 1.00. The van der Waals surface area contributed by atoms with E-state index in [1.807, 2.05) is 6.92 Å². The summed E-state index contributed by atoms with van der Waals surface area (Å²) in [6.45, 7) is 7.19. The van der Waals surface area contributed by atoms with Crippen molar-refractivity contribution in [3.05, 3.63) is 0 Å². The molecule has 44 valence electrons. The number of hydrogen-bond donors (Lipinski definition) is 1. The van der Waals surface area contributed by atoms with Crippen LogP contribution in [0.1, 0.15) is 6.92 Å². The number of nitrogens with one attached hydrogen (secondary N) is 1. The molecular weight excluding hydrogens is 106 g/mol. The average molecular weight is 119 g/mol. The lowest BCUT2D eigenvalue weighted by molar-refractivity contribution is 0.206. The maximum Gasteiger partial charge on any atom is 0.199 e. The van der Waals surface area contributed by atoms with Crippen LogP contribution >= 0.6 is 0 Å². The summed E-state index contributed by atoms with van der Waals surface area (Å²) in [6.07, 6.45) is 0. The molecule has 0 aromatic heterocycles. The average Bonchev–Trinajstić information content (AvgIpc) is 1.61. The second-order valence-electron chi connectivity index (χ2n) is 1.66. The van der Waals surface area contributed by atoms with Crippen molar-refractivity contribution in [1.82, 2.24) is 5.48 Å². The minimum Gasteiger partial charge on any atom is -0.350 e. The Morgan fingerprint density at radius 3 is 2.29 bits per heavy atom. The summed E-state index contributed by atoms with van der Waals surface area (Å²) < 4.78 is 5.08. The second-order valence-corrected chi connectivity index (χ2v) is 4.00. The molecular formula is C4H13NOSi. The van der Waals surface area contributed by atoms with Gasteiger partial charge < -0.3 is 4.53 Å². The van der Waals surface area contributed by atoms with Gasteiger partial charge in [-0.3, -0.25) is 0 Å². The number of hydroxylamine groups is 1. The van der Waals surface area contributed by atoms with Gasteiger partial charge in [0.1, 0.15) is 0 Å². The van der Waals surface area contributed by atoms with E-state index < -0.39 is 9.04 Å². The molecule has 0 spiro atoms. The van der Waals surface area contributed by atoms with Gasteiger partial charge in [0.05, 0.1) is 0 Å². The minimum atomic E-state index is -0.799. The minimum absolute atomic E-state index is 0.799. The summed E-state index contributed by atoms with van der Waals surface area (Å²) in [7, 11) is -0.799. The monoisotopic (exact) mass is 119 g/mol. The smallest absolute Gasteiger partial charge is 0.199 e. The van der Waals surface area contributed by atoms with Crippen molar-refractivity contribution < 1.29 is 4.53 Å². The van der Waals surface area contributed by atoms with Crippen LogP contribution in [0.5, 0.6) is 0 Å². The Kier molecular flexibility index (Phi) is 4.38. The van der Waals surface area contributed by atoms with Crippen molar-refractivity contribution in [3.8, 4) is 0 Å². The van der Waals surface area contributed by atoms with Crippen molar-refractivity contribution in [1.29, 1.82) is 0 Å². The topological polar surface area (TPSA) is 21.3 Å². The Morgan fingerprint density at radius 2 is 2.14 bits per heavy atom. The molecule has 1 N–H and O–H groups in total. The Balaban J connectivity index is 2.68. The molecule has 0 bridgehead atoms. The van der Waals surface area contributed by atoms with Gasteiger partial charge in [-0.1, -0.05) is 6.92 Å². The van der Waals surface area contributed by atoms with E-state index in [4.69, 9.17) is 4.53 Å². The molecule has 0 saturated carbocycles. The van der Waals surface area contributed by atoms with Gasteiger partial charge in [0.15, 0.2) is 9.04 Å². The molecule has 0 fully saturated rings. The van der Waals surface area contributed by atoms with Gasteiger partial charge in [0.2, 0.25) is 0 Å². The fourth-order valence-corrected chi connectivity index (χ4v) is 0.750. The molecule has 0 radical (unpaired) electrons. The fourth-order valence-electron chi connectivity index (χ4n) is 0.250. The van der Waals surface area contributed by atoms with Crippen LogP contribution in [-0.4, -0.2) is 15.6 Å². The Hall–Kier alpha value is 0.137. The molecule has 2 nitrogen and oxygen atoms in total. The van der Waals surface area contributed by atoms with Gasteiger partial charge in [0.25, 0.3) is 0 Å². The Bertz CT molecular complexity index is 40.7. The molecule has 0 atom stereocenters. The normalized spacial score (nSPS) is 10.3. The highest BCUT2D eigenvalue weighted by Gasteiger charge is 1.89. The second kappa shape index (κ2) is 4.30. The summed E-state index contributed by atoms with van der Waals surface area (Å²) in [4.78, 5) is 0. The van der Waals surface area contributed by atoms with E-state index in [0.29, 0.717) is 0 Å². The molecule has 0 aliphatic heterocycles. The van der Waals surface area contributed by atoms with Crippen LogP contribution in [0, 0.1) is 0 Å². The highest BCUT2D eigenvalue weighted by atomic mass is 28.3. The van der Waals surface area contributed by atoms with Gasteiger partial charge in [-0.15, -0.1) is 0 Å². The maximum atomic E-state index is 5.08. The zero-order chi connectivity index (χ0) is 5.70. The van der Waals surface area contributed by atoms with Crippen LogP contribution in [0.25, 0.3) is 0 Å². The van der Waals surface area contributed by atoms with E-state index in [0.717, 1.165) is 6.54 Å². The quantitative estimate of drug-likeness (QED) is 0.432. The predicted octanol–water partition coefficient (Wildman–Crippen LogP) is 0.511. The van der Waals surface area contributed by atoms with Crippen molar-refractivity contribution in [2.24, 2.45) is 0 Å². The number of rotatable bonds is 3. The molecule has 0 aromatic rings. The lowest BCUT2D eigenvalue weighted by Gasteiger charge is -2.03. The first-order valence-corrected chi connectivity index (χ1v) is 5.44. The van der Waals surface area contributed by atoms with E-state index in [-0.39, 0.29) is 0 Å². The molecule has 0 aromatic carbocycles.